The Kier molecular flexibility index (Phi) is 5.92. The van der Waals surface area contributed by atoms with E-state index in [0.717, 1.165) is 26.2 Å². The average Bonchev–Trinajstić information content (AvgIpc) is 2.35. The lowest BCUT2D eigenvalue weighted by Crippen LogP contribution is -2.45. The Hall–Kier alpha value is -0.610. The minimum Gasteiger partial charge on any atom is -0.481 e. The van der Waals surface area contributed by atoms with Crippen molar-refractivity contribution in [2.75, 3.05) is 26.2 Å². The van der Waals surface area contributed by atoms with E-state index >= 15 is 0 Å². The van der Waals surface area contributed by atoms with Crippen molar-refractivity contribution >= 4 is 5.97 Å². The highest BCUT2D eigenvalue weighted by atomic mass is 16.4. The van der Waals surface area contributed by atoms with Crippen LogP contribution < -0.4 is 5.32 Å². The number of carboxylic acids is 1. The Morgan fingerprint density at radius 2 is 2.24 bits per heavy atom. The summed E-state index contributed by atoms with van der Waals surface area (Å²) in [5.74, 6) is -0.323. The number of aliphatic carboxylic acids is 1. The van der Waals surface area contributed by atoms with Crippen molar-refractivity contribution in [3.63, 3.8) is 0 Å². The summed E-state index contributed by atoms with van der Waals surface area (Å²) in [7, 11) is 0. The Morgan fingerprint density at radius 1 is 1.53 bits per heavy atom. The van der Waals surface area contributed by atoms with E-state index in [9.17, 15) is 4.79 Å². The fraction of sp³-hybridized carbons (Fsp3) is 0.923. The first kappa shape index (κ1) is 14.5. The number of hydrogen-bond acceptors (Lipinski definition) is 3. The topological polar surface area (TPSA) is 52.6 Å². The van der Waals surface area contributed by atoms with Crippen molar-refractivity contribution in [3.05, 3.63) is 0 Å². The van der Waals surface area contributed by atoms with Gasteiger partial charge in [-0.05, 0) is 45.3 Å². The third-order valence-corrected chi connectivity index (χ3v) is 3.99. The van der Waals surface area contributed by atoms with Crippen molar-refractivity contribution in [2.24, 2.45) is 11.8 Å². The molecule has 1 heterocycles. The van der Waals surface area contributed by atoms with E-state index in [2.05, 4.69) is 17.1 Å². The number of carbonyl (C=O) groups is 1. The fourth-order valence-corrected chi connectivity index (χ4v) is 2.52. The lowest BCUT2D eigenvalue weighted by atomic mass is 9.96. The van der Waals surface area contributed by atoms with Crippen LogP contribution in [0, 0.1) is 11.8 Å². The molecule has 2 N–H and O–H groups in total. The van der Waals surface area contributed by atoms with E-state index in [0.29, 0.717) is 5.92 Å². The Bertz CT molecular complexity index is 240. The molecule has 0 aliphatic carbocycles. The standard InChI is InChI=1S/C13H26N2O2/c1-4-15(11(3)10(2)13(16)17)9-12-6-5-7-14-8-12/h10-12,14H,4-9H2,1-3H3,(H,16,17). The second kappa shape index (κ2) is 6.97. The third-order valence-electron chi connectivity index (χ3n) is 3.99. The quantitative estimate of drug-likeness (QED) is 0.739. The molecule has 17 heavy (non-hydrogen) atoms. The van der Waals surface area contributed by atoms with Gasteiger partial charge in [0, 0.05) is 12.6 Å². The van der Waals surface area contributed by atoms with Gasteiger partial charge in [-0.15, -0.1) is 0 Å². The van der Waals surface area contributed by atoms with Crippen LogP contribution in [0.3, 0.4) is 0 Å². The summed E-state index contributed by atoms with van der Waals surface area (Å²) in [6, 6.07) is 0.111. The first-order valence-corrected chi connectivity index (χ1v) is 6.73. The van der Waals surface area contributed by atoms with E-state index in [-0.39, 0.29) is 12.0 Å². The molecule has 0 bridgehead atoms. The predicted octanol–water partition coefficient (Wildman–Crippen LogP) is 1.42. The molecular formula is C13H26N2O2. The van der Waals surface area contributed by atoms with E-state index in [4.69, 9.17) is 5.11 Å². The monoisotopic (exact) mass is 242 g/mol. The number of piperidine rings is 1. The highest BCUT2D eigenvalue weighted by molar-refractivity contribution is 5.70. The van der Waals surface area contributed by atoms with Crippen LogP contribution in [-0.2, 0) is 4.79 Å². The molecule has 0 spiro atoms. The molecule has 1 saturated heterocycles. The number of nitrogens with zero attached hydrogens (tertiary/aromatic N) is 1. The normalized spacial score (nSPS) is 24.6. The maximum Gasteiger partial charge on any atom is 0.307 e. The number of nitrogens with one attached hydrogen (secondary N) is 1. The van der Waals surface area contributed by atoms with Crippen molar-refractivity contribution < 1.29 is 9.90 Å². The summed E-state index contributed by atoms with van der Waals surface area (Å²) < 4.78 is 0. The maximum atomic E-state index is 11.0. The smallest absolute Gasteiger partial charge is 0.307 e. The van der Waals surface area contributed by atoms with Crippen molar-refractivity contribution in [2.45, 2.75) is 39.7 Å². The van der Waals surface area contributed by atoms with Crippen LogP contribution in [0.5, 0.6) is 0 Å². The molecule has 1 aliphatic rings. The molecule has 0 aromatic heterocycles. The highest BCUT2D eigenvalue weighted by Gasteiger charge is 2.26. The molecule has 100 valence electrons. The van der Waals surface area contributed by atoms with Gasteiger partial charge in [-0.2, -0.15) is 0 Å². The highest BCUT2D eigenvalue weighted by Crippen LogP contribution is 2.17. The summed E-state index contributed by atoms with van der Waals surface area (Å²) in [6.45, 7) is 10.1. The molecule has 3 unspecified atom stereocenters. The van der Waals surface area contributed by atoms with Gasteiger partial charge in [0.25, 0.3) is 0 Å². The number of carboxylic acid groups (broad SMARTS) is 1. The molecule has 1 rings (SSSR count). The maximum absolute atomic E-state index is 11.0. The Balaban J connectivity index is 2.48. The summed E-state index contributed by atoms with van der Waals surface area (Å²) in [6.07, 6.45) is 2.50. The molecule has 0 radical (unpaired) electrons. The molecule has 0 saturated carbocycles. The van der Waals surface area contributed by atoms with Crippen LogP contribution >= 0.6 is 0 Å². The molecule has 0 aromatic carbocycles. The van der Waals surface area contributed by atoms with E-state index in [1.165, 1.54) is 12.8 Å². The Labute approximate surface area is 104 Å². The minimum absolute atomic E-state index is 0.111. The third kappa shape index (κ3) is 4.28. The number of hydrogen-bond donors (Lipinski definition) is 2. The van der Waals surface area contributed by atoms with Gasteiger partial charge in [0.1, 0.15) is 0 Å². The van der Waals surface area contributed by atoms with Crippen LogP contribution in [-0.4, -0.2) is 48.2 Å². The van der Waals surface area contributed by atoms with Crippen molar-refractivity contribution in [1.82, 2.24) is 10.2 Å². The molecular weight excluding hydrogens is 216 g/mol. The molecule has 4 nitrogen and oxygen atoms in total. The van der Waals surface area contributed by atoms with Crippen molar-refractivity contribution in [3.8, 4) is 0 Å². The first-order chi connectivity index (χ1) is 8.06. The van der Waals surface area contributed by atoms with Crippen LogP contribution in [0.4, 0.5) is 0 Å². The van der Waals surface area contributed by atoms with Gasteiger partial charge in [-0.25, -0.2) is 0 Å². The van der Waals surface area contributed by atoms with Gasteiger partial charge < -0.3 is 10.4 Å². The Morgan fingerprint density at radius 3 is 2.71 bits per heavy atom. The summed E-state index contributed by atoms with van der Waals surface area (Å²) >= 11 is 0. The average molecular weight is 242 g/mol. The molecule has 0 aromatic rings. The van der Waals surface area contributed by atoms with Crippen LogP contribution in [0.1, 0.15) is 33.6 Å². The molecule has 4 heteroatoms. The van der Waals surface area contributed by atoms with E-state index < -0.39 is 5.97 Å². The van der Waals surface area contributed by atoms with Crippen LogP contribution in [0.2, 0.25) is 0 Å². The zero-order valence-electron chi connectivity index (χ0n) is 11.3. The summed E-state index contributed by atoms with van der Waals surface area (Å²) in [5, 5.41) is 12.5. The second-order valence-electron chi connectivity index (χ2n) is 5.17. The molecule has 3 atom stereocenters. The van der Waals surface area contributed by atoms with E-state index in [1.807, 2.05) is 6.92 Å². The fourth-order valence-electron chi connectivity index (χ4n) is 2.52. The largest absolute Gasteiger partial charge is 0.481 e. The molecule has 1 aliphatic heterocycles. The zero-order chi connectivity index (χ0) is 12.8. The van der Waals surface area contributed by atoms with Gasteiger partial charge in [0.05, 0.1) is 5.92 Å². The molecule has 1 fully saturated rings. The van der Waals surface area contributed by atoms with Crippen LogP contribution in [0.15, 0.2) is 0 Å². The lowest BCUT2D eigenvalue weighted by molar-refractivity contribution is -0.143. The van der Waals surface area contributed by atoms with Gasteiger partial charge in [-0.1, -0.05) is 13.8 Å². The van der Waals surface area contributed by atoms with Crippen molar-refractivity contribution in [1.29, 1.82) is 0 Å². The van der Waals surface area contributed by atoms with Gasteiger partial charge in [-0.3, -0.25) is 9.69 Å². The SMILES string of the molecule is CCN(CC1CCCNC1)C(C)C(C)C(=O)O. The van der Waals surface area contributed by atoms with Gasteiger partial charge in [0.2, 0.25) is 0 Å². The van der Waals surface area contributed by atoms with Gasteiger partial charge in [0.15, 0.2) is 0 Å². The zero-order valence-corrected chi connectivity index (χ0v) is 11.3. The van der Waals surface area contributed by atoms with Crippen LogP contribution in [0.25, 0.3) is 0 Å². The summed E-state index contributed by atoms with van der Waals surface area (Å²) in [4.78, 5) is 13.3. The number of rotatable bonds is 6. The lowest BCUT2D eigenvalue weighted by Gasteiger charge is -2.35. The minimum atomic E-state index is -0.697. The van der Waals surface area contributed by atoms with E-state index in [1.54, 1.807) is 6.92 Å². The first-order valence-electron chi connectivity index (χ1n) is 6.73. The molecule has 0 amide bonds. The summed E-state index contributed by atoms with van der Waals surface area (Å²) in [5.41, 5.74) is 0. The second-order valence-corrected chi connectivity index (χ2v) is 5.17. The predicted molar refractivity (Wildman–Crippen MR) is 69.1 cm³/mol. The van der Waals surface area contributed by atoms with Gasteiger partial charge >= 0.3 is 5.97 Å².